The van der Waals surface area contributed by atoms with Crippen LogP contribution in [0.1, 0.15) is 34.2 Å². The zero-order chi connectivity index (χ0) is 26.0. The Balaban J connectivity index is 1.78. The van der Waals surface area contributed by atoms with Gasteiger partial charge in [-0.25, -0.2) is 14.6 Å². The molecule has 2 N–H and O–H groups in total. The number of nitrogens with two attached hydrogens (primary N) is 1. The van der Waals surface area contributed by atoms with Crippen molar-refractivity contribution in [3.63, 3.8) is 0 Å². The summed E-state index contributed by atoms with van der Waals surface area (Å²) in [6.45, 7) is 4.58. The summed E-state index contributed by atoms with van der Waals surface area (Å²) in [5.74, 6) is 0.700. The summed E-state index contributed by atoms with van der Waals surface area (Å²) in [7, 11) is 3.32. The van der Waals surface area contributed by atoms with Gasteiger partial charge in [-0.2, -0.15) is 10.4 Å². The standard InChI is InChI=1S/C25H25ClN8O2/c1-5-36-22-15(8-9-34-24-20(14(2)32-34)23(28)30-13-31-24)10-18(26)17(11-27)21(22)16-6-7-19(29-12-16)25(35)33(3)4/h6-7,10,12-13H,5,8-9H2,1-4H3,(H2,28,30,31). The minimum absolute atomic E-state index is 0.218. The maximum Gasteiger partial charge on any atom is 0.271 e. The number of nitrogen functional groups attached to an aromatic ring is 1. The number of ether oxygens (including phenoxy) is 1. The molecule has 0 atom stereocenters. The summed E-state index contributed by atoms with van der Waals surface area (Å²) in [5, 5.41) is 15.5. The normalized spacial score (nSPS) is 10.9. The van der Waals surface area contributed by atoms with Crippen molar-refractivity contribution in [1.29, 1.82) is 5.26 Å². The highest BCUT2D eigenvalue weighted by atomic mass is 35.5. The average Bonchev–Trinajstić information content (AvgIpc) is 3.19. The minimum Gasteiger partial charge on any atom is -0.493 e. The van der Waals surface area contributed by atoms with Crippen molar-refractivity contribution in [2.45, 2.75) is 26.8 Å². The van der Waals surface area contributed by atoms with Crippen LogP contribution in [0.5, 0.6) is 5.75 Å². The maximum atomic E-state index is 12.3. The van der Waals surface area contributed by atoms with Crippen LogP contribution < -0.4 is 10.5 Å². The largest absolute Gasteiger partial charge is 0.493 e. The van der Waals surface area contributed by atoms with Gasteiger partial charge in [-0.05, 0) is 38.0 Å². The Morgan fingerprint density at radius 1 is 1.28 bits per heavy atom. The molecule has 4 rings (SSSR count). The van der Waals surface area contributed by atoms with E-state index < -0.39 is 0 Å². The van der Waals surface area contributed by atoms with E-state index >= 15 is 0 Å². The molecular formula is C25H25ClN8O2. The molecule has 0 bridgehead atoms. The molecule has 10 nitrogen and oxygen atoms in total. The van der Waals surface area contributed by atoms with Gasteiger partial charge in [0, 0.05) is 38.0 Å². The molecule has 4 aromatic rings. The number of fused-ring (bicyclic) bond motifs is 1. The van der Waals surface area contributed by atoms with Gasteiger partial charge in [-0.15, -0.1) is 0 Å². The van der Waals surface area contributed by atoms with Gasteiger partial charge in [0.05, 0.1) is 28.3 Å². The predicted octanol–water partition coefficient (Wildman–Crippen LogP) is 3.65. The number of hydrogen-bond donors (Lipinski definition) is 1. The topological polar surface area (TPSA) is 136 Å². The molecule has 0 unspecified atom stereocenters. The first-order valence-corrected chi connectivity index (χ1v) is 11.6. The van der Waals surface area contributed by atoms with E-state index in [4.69, 9.17) is 22.1 Å². The van der Waals surface area contributed by atoms with Crippen LogP contribution >= 0.6 is 11.6 Å². The molecule has 3 heterocycles. The Morgan fingerprint density at radius 3 is 2.69 bits per heavy atom. The number of carbonyl (C=O) groups is 1. The highest BCUT2D eigenvalue weighted by molar-refractivity contribution is 6.32. The Hall–Kier alpha value is -4.23. The van der Waals surface area contributed by atoms with Crippen LogP contribution in [0, 0.1) is 18.3 Å². The Morgan fingerprint density at radius 2 is 2.06 bits per heavy atom. The lowest BCUT2D eigenvalue weighted by molar-refractivity contribution is 0.0822. The number of rotatable bonds is 7. The van der Waals surface area contributed by atoms with Crippen LogP contribution in [0.4, 0.5) is 5.82 Å². The zero-order valence-electron chi connectivity index (χ0n) is 20.4. The molecular weight excluding hydrogens is 480 g/mol. The maximum absolute atomic E-state index is 12.3. The number of halogens is 1. The first-order chi connectivity index (χ1) is 17.3. The Kier molecular flexibility index (Phi) is 7.03. The Bertz CT molecular complexity index is 1490. The summed E-state index contributed by atoms with van der Waals surface area (Å²) in [6.07, 6.45) is 3.47. The number of nitrogens with zero attached hydrogens (tertiary/aromatic N) is 7. The van der Waals surface area contributed by atoms with Crippen LogP contribution in [-0.2, 0) is 13.0 Å². The highest BCUT2D eigenvalue weighted by Crippen LogP contribution is 2.40. The molecule has 11 heteroatoms. The number of hydrogen-bond acceptors (Lipinski definition) is 8. The number of carbonyl (C=O) groups excluding carboxylic acids is 1. The van der Waals surface area contributed by atoms with Gasteiger partial charge in [0.1, 0.15) is 29.7 Å². The second-order valence-electron chi connectivity index (χ2n) is 8.29. The SMILES string of the molecule is CCOc1c(CCn2nc(C)c3c(N)ncnc32)cc(Cl)c(C#N)c1-c1ccc(C(=O)N(C)C)nc1. The van der Waals surface area contributed by atoms with Crippen LogP contribution in [0.3, 0.4) is 0 Å². The molecule has 3 aromatic heterocycles. The Labute approximate surface area is 213 Å². The molecule has 184 valence electrons. The first-order valence-electron chi connectivity index (χ1n) is 11.3. The lowest BCUT2D eigenvalue weighted by Crippen LogP contribution is -2.22. The number of anilines is 1. The lowest BCUT2D eigenvalue weighted by Gasteiger charge is -2.18. The van der Waals surface area contributed by atoms with E-state index in [2.05, 4.69) is 26.1 Å². The summed E-state index contributed by atoms with van der Waals surface area (Å²) >= 11 is 6.56. The zero-order valence-corrected chi connectivity index (χ0v) is 21.2. The molecule has 0 aliphatic heterocycles. The summed E-state index contributed by atoms with van der Waals surface area (Å²) < 4.78 is 7.82. The number of amides is 1. The fourth-order valence-electron chi connectivity index (χ4n) is 4.05. The van der Waals surface area contributed by atoms with Crippen molar-refractivity contribution in [2.75, 3.05) is 26.4 Å². The second-order valence-corrected chi connectivity index (χ2v) is 8.70. The van der Waals surface area contributed by atoms with Crippen LogP contribution in [-0.4, -0.2) is 56.2 Å². The lowest BCUT2D eigenvalue weighted by atomic mass is 9.95. The van der Waals surface area contributed by atoms with Crippen molar-refractivity contribution in [3.8, 4) is 22.9 Å². The number of nitriles is 1. The molecule has 36 heavy (non-hydrogen) atoms. The van der Waals surface area contributed by atoms with Gasteiger partial charge < -0.3 is 15.4 Å². The quantitative estimate of drug-likeness (QED) is 0.402. The third kappa shape index (κ3) is 4.53. The number of aryl methyl sites for hydroxylation is 3. The fourth-order valence-corrected chi connectivity index (χ4v) is 4.32. The second kappa shape index (κ2) is 10.2. The van der Waals surface area contributed by atoms with E-state index in [9.17, 15) is 10.1 Å². The van der Waals surface area contributed by atoms with Crippen molar-refractivity contribution in [3.05, 3.63) is 58.3 Å². The van der Waals surface area contributed by atoms with Crippen LogP contribution in [0.25, 0.3) is 22.2 Å². The van der Waals surface area contributed by atoms with E-state index in [1.165, 1.54) is 11.2 Å². The third-order valence-electron chi connectivity index (χ3n) is 5.71. The monoisotopic (exact) mass is 504 g/mol. The molecule has 0 fully saturated rings. The van der Waals surface area contributed by atoms with E-state index in [0.717, 1.165) is 16.6 Å². The van der Waals surface area contributed by atoms with Crippen molar-refractivity contribution in [1.82, 2.24) is 29.6 Å². The van der Waals surface area contributed by atoms with Crippen molar-refractivity contribution in [2.24, 2.45) is 0 Å². The highest BCUT2D eigenvalue weighted by Gasteiger charge is 2.22. The van der Waals surface area contributed by atoms with E-state index in [-0.39, 0.29) is 11.5 Å². The molecule has 1 amide bonds. The summed E-state index contributed by atoms with van der Waals surface area (Å²) in [4.78, 5) is 26.4. The minimum atomic E-state index is -0.218. The van der Waals surface area contributed by atoms with Gasteiger partial charge in [-0.3, -0.25) is 9.78 Å². The predicted molar refractivity (Wildman–Crippen MR) is 137 cm³/mol. The molecule has 0 aliphatic rings. The van der Waals surface area contributed by atoms with Crippen molar-refractivity contribution < 1.29 is 9.53 Å². The molecule has 0 spiro atoms. The molecule has 0 aliphatic carbocycles. The molecule has 0 saturated heterocycles. The average molecular weight is 505 g/mol. The van der Waals surface area contributed by atoms with Gasteiger partial charge in [0.15, 0.2) is 5.65 Å². The van der Waals surface area contributed by atoms with Gasteiger partial charge >= 0.3 is 0 Å². The fraction of sp³-hybridized carbons (Fsp3) is 0.280. The molecule has 0 saturated carbocycles. The smallest absolute Gasteiger partial charge is 0.271 e. The summed E-state index contributed by atoms with van der Waals surface area (Å²) in [6, 6.07) is 7.30. The van der Waals surface area contributed by atoms with Gasteiger partial charge in [0.2, 0.25) is 0 Å². The number of pyridine rings is 1. The summed E-state index contributed by atoms with van der Waals surface area (Å²) in [5.41, 5.74) is 9.93. The van der Waals surface area contributed by atoms with Gasteiger partial charge in [-0.1, -0.05) is 17.7 Å². The van der Waals surface area contributed by atoms with Crippen molar-refractivity contribution >= 4 is 34.4 Å². The first kappa shape index (κ1) is 24.9. The number of aromatic nitrogens is 5. The molecule has 0 radical (unpaired) electrons. The van der Waals surface area contributed by atoms with Crippen LogP contribution in [0.15, 0.2) is 30.7 Å². The van der Waals surface area contributed by atoms with Gasteiger partial charge in [0.25, 0.3) is 5.91 Å². The van der Waals surface area contributed by atoms with E-state index in [1.54, 1.807) is 43.2 Å². The number of benzene rings is 1. The molecule has 1 aromatic carbocycles. The van der Waals surface area contributed by atoms with Crippen LogP contribution in [0.2, 0.25) is 5.02 Å². The van der Waals surface area contributed by atoms with E-state index in [0.29, 0.717) is 58.6 Å². The third-order valence-corrected chi connectivity index (χ3v) is 6.01. The van der Waals surface area contributed by atoms with E-state index in [1.807, 2.05) is 13.8 Å².